The lowest BCUT2D eigenvalue weighted by molar-refractivity contribution is -0.124. The Hall–Kier alpha value is -1.40. The zero-order chi connectivity index (χ0) is 14.7. The Morgan fingerprint density at radius 3 is 2.21 bits per heavy atom. The van der Waals surface area contributed by atoms with Gasteiger partial charge in [-0.15, -0.1) is 0 Å². The first kappa shape index (κ1) is 15.7. The van der Waals surface area contributed by atoms with Crippen molar-refractivity contribution in [3.63, 3.8) is 0 Å². The van der Waals surface area contributed by atoms with Crippen LogP contribution in [0.3, 0.4) is 0 Å². The maximum Gasteiger partial charge on any atom is 0.238 e. The summed E-state index contributed by atoms with van der Waals surface area (Å²) in [6, 6.07) is 5.80. The Morgan fingerprint density at radius 2 is 1.79 bits per heavy atom. The molecule has 0 saturated heterocycles. The van der Waals surface area contributed by atoms with Gasteiger partial charge >= 0.3 is 0 Å². The highest BCUT2D eigenvalue weighted by Gasteiger charge is 2.26. The van der Waals surface area contributed by atoms with Crippen molar-refractivity contribution < 1.29 is 13.2 Å². The van der Waals surface area contributed by atoms with Crippen molar-refractivity contribution in [3.8, 4) is 0 Å². The molecule has 1 rings (SSSR count). The molecule has 0 radical (unpaired) electrons. The number of primary sulfonamides is 1. The fourth-order valence-corrected chi connectivity index (χ4v) is 2.28. The number of hydrogen-bond donors (Lipinski definition) is 2. The minimum absolute atomic E-state index is 0.0262. The van der Waals surface area contributed by atoms with Crippen LogP contribution in [0.15, 0.2) is 29.2 Å². The predicted molar refractivity (Wildman–Crippen MR) is 75.1 cm³/mol. The van der Waals surface area contributed by atoms with Gasteiger partial charge in [0.05, 0.1) is 4.90 Å². The van der Waals surface area contributed by atoms with E-state index in [0.717, 1.165) is 12.8 Å². The molecule has 0 saturated carbocycles. The number of sulfonamides is 1. The largest absolute Gasteiger partial charge is 0.326 e. The maximum atomic E-state index is 12.1. The average Bonchev–Trinajstić information content (AvgIpc) is 2.28. The first-order chi connectivity index (χ1) is 8.66. The van der Waals surface area contributed by atoms with Crippen LogP contribution in [0.1, 0.15) is 33.6 Å². The van der Waals surface area contributed by atoms with E-state index in [1.54, 1.807) is 0 Å². The molecular weight excluding hydrogens is 264 g/mol. The van der Waals surface area contributed by atoms with Crippen molar-refractivity contribution in [2.24, 2.45) is 10.6 Å². The lowest BCUT2D eigenvalue weighted by Crippen LogP contribution is -2.30. The van der Waals surface area contributed by atoms with Gasteiger partial charge in [0.25, 0.3) is 0 Å². The Bertz CT molecular complexity index is 548. The van der Waals surface area contributed by atoms with E-state index in [-0.39, 0.29) is 10.8 Å². The van der Waals surface area contributed by atoms with Crippen LogP contribution in [0.4, 0.5) is 5.69 Å². The summed E-state index contributed by atoms with van der Waals surface area (Å²) in [6.45, 7) is 5.78. The molecule has 0 unspecified atom stereocenters. The summed E-state index contributed by atoms with van der Waals surface area (Å²) in [5, 5.41) is 7.77. The van der Waals surface area contributed by atoms with Crippen molar-refractivity contribution in [2.75, 3.05) is 5.32 Å². The monoisotopic (exact) mass is 284 g/mol. The molecule has 1 amide bonds. The number of carbonyl (C=O) groups excluding carboxylic acids is 1. The molecule has 0 bridgehead atoms. The van der Waals surface area contributed by atoms with Gasteiger partial charge in [0.1, 0.15) is 0 Å². The van der Waals surface area contributed by atoms with Gasteiger partial charge in [-0.05, 0) is 30.7 Å². The normalized spacial score (nSPS) is 12.2. The summed E-state index contributed by atoms with van der Waals surface area (Å²) in [6.07, 6.45) is 1.71. The SMILES string of the molecule is CCCC(C)(C)C(=O)Nc1ccc(S(N)(=O)=O)cc1. The smallest absolute Gasteiger partial charge is 0.238 e. The molecule has 0 aliphatic rings. The Labute approximate surface area is 114 Å². The molecule has 19 heavy (non-hydrogen) atoms. The highest BCUT2D eigenvalue weighted by atomic mass is 32.2. The van der Waals surface area contributed by atoms with Gasteiger partial charge in [-0.3, -0.25) is 4.79 Å². The molecule has 5 nitrogen and oxygen atoms in total. The molecule has 0 spiro atoms. The van der Waals surface area contributed by atoms with Gasteiger partial charge in [0.2, 0.25) is 15.9 Å². The molecule has 0 heterocycles. The van der Waals surface area contributed by atoms with Crippen molar-refractivity contribution in [3.05, 3.63) is 24.3 Å². The summed E-state index contributed by atoms with van der Waals surface area (Å²) in [4.78, 5) is 12.1. The van der Waals surface area contributed by atoms with Crippen LogP contribution in [0, 0.1) is 5.41 Å². The van der Waals surface area contributed by atoms with Crippen LogP contribution in [0.5, 0.6) is 0 Å². The van der Waals surface area contributed by atoms with E-state index in [1.165, 1.54) is 24.3 Å². The first-order valence-corrected chi connectivity index (χ1v) is 7.66. The highest BCUT2D eigenvalue weighted by molar-refractivity contribution is 7.89. The third-order valence-corrected chi connectivity index (χ3v) is 3.86. The number of anilines is 1. The van der Waals surface area contributed by atoms with Crippen LogP contribution in [0.25, 0.3) is 0 Å². The third-order valence-electron chi connectivity index (χ3n) is 2.93. The van der Waals surface area contributed by atoms with E-state index in [4.69, 9.17) is 5.14 Å². The molecule has 0 fully saturated rings. The molecule has 106 valence electrons. The second-order valence-corrected chi connectivity index (χ2v) is 6.72. The van der Waals surface area contributed by atoms with E-state index in [1.807, 2.05) is 20.8 Å². The zero-order valence-electron chi connectivity index (χ0n) is 11.4. The van der Waals surface area contributed by atoms with E-state index >= 15 is 0 Å². The summed E-state index contributed by atoms with van der Waals surface area (Å²) in [7, 11) is -3.70. The number of amides is 1. The molecule has 3 N–H and O–H groups in total. The average molecular weight is 284 g/mol. The summed E-state index contributed by atoms with van der Waals surface area (Å²) >= 11 is 0. The highest BCUT2D eigenvalue weighted by Crippen LogP contribution is 2.24. The quantitative estimate of drug-likeness (QED) is 0.867. The Morgan fingerprint density at radius 1 is 1.26 bits per heavy atom. The minimum atomic E-state index is -3.70. The number of nitrogens with two attached hydrogens (primary N) is 1. The fourth-order valence-electron chi connectivity index (χ4n) is 1.77. The second kappa shape index (κ2) is 5.71. The zero-order valence-corrected chi connectivity index (χ0v) is 12.3. The number of carbonyl (C=O) groups is 1. The molecule has 0 aliphatic carbocycles. The number of nitrogens with one attached hydrogen (secondary N) is 1. The van der Waals surface area contributed by atoms with E-state index in [0.29, 0.717) is 5.69 Å². The lowest BCUT2D eigenvalue weighted by Gasteiger charge is -2.22. The van der Waals surface area contributed by atoms with E-state index in [9.17, 15) is 13.2 Å². The van der Waals surface area contributed by atoms with Gasteiger partial charge in [-0.25, -0.2) is 13.6 Å². The lowest BCUT2D eigenvalue weighted by atomic mass is 9.87. The van der Waals surface area contributed by atoms with Crippen LogP contribution in [-0.4, -0.2) is 14.3 Å². The number of hydrogen-bond acceptors (Lipinski definition) is 3. The molecule has 0 aliphatic heterocycles. The van der Waals surface area contributed by atoms with E-state index < -0.39 is 15.4 Å². The predicted octanol–water partition coefficient (Wildman–Crippen LogP) is 2.10. The van der Waals surface area contributed by atoms with Crippen molar-refractivity contribution >= 4 is 21.6 Å². The maximum absolute atomic E-state index is 12.1. The van der Waals surface area contributed by atoms with Crippen LogP contribution in [-0.2, 0) is 14.8 Å². The molecule has 0 aromatic heterocycles. The molecular formula is C13H20N2O3S. The molecule has 1 aromatic carbocycles. The summed E-state index contributed by atoms with van der Waals surface area (Å²) in [5.41, 5.74) is 0.106. The molecule has 0 atom stereocenters. The van der Waals surface area contributed by atoms with Gasteiger partial charge < -0.3 is 5.32 Å². The van der Waals surface area contributed by atoms with Crippen LogP contribution >= 0.6 is 0 Å². The minimum Gasteiger partial charge on any atom is -0.326 e. The standard InChI is InChI=1S/C13H20N2O3S/c1-4-9-13(2,3)12(16)15-10-5-7-11(8-6-10)19(14,17)18/h5-8H,4,9H2,1-3H3,(H,15,16)(H2,14,17,18). The summed E-state index contributed by atoms with van der Waals surface area (Å²) < 4.78 is 22.2. The topological polar surface area (TPSA) is 89.3 Å². The molecule has 1 aromatic rings. The third kappa shape index (κ3) is 4.33. The number of rotatable bonds is 5. The van der Waals surface area contributed by atoms with E-state index in [2.05, 4.69) is 5.32 Å². The van der Waals surface area contributed by atoms with Gasteiger partial charge in [-0.1, -0.05) is 27.2 Å². The van der Waals surface area contributed by atoms with Crippen molar-refractivity contribution in [1.82, 2.24) is 0 Å². The van der Waals surface area contributed by atoms with Crippen LogP contribution < -0.4 is 10.5 Å². The summed E-state index contributed by atoms with van der Waals surface area (Å²) in [5.74, 6) is -0.0855. The second-order valence-electron chi connectivity index (χ2n) is 5.16. The fraction of sp³-hybridized carbons (Fsp3) is 0.462. The Balaban J connectivity index is 2.82. The van der Waals surface area contributed by atoms with Crippen LogP contribution in [0.2, 0.25) is 0 Å². The van der Waals surface area contributed by atoms with Crippen molar-refractivity contribution in [1.29, 1.82) is 0 Å². The Kier molecular flexibility index (Phi) is 4.70. The van der Waals surface area contributed by atoms with Gasteiger partial charge in [0.15, 0.2) is 0 Å². The first-order valence-electron chi connectivity index (χ1n) is 6.11. The van der Waals surface area contributed by atoms with Crippen molar-refractivity contribution in [2.45, 2.75) is 38.5 Å². The van der Waals surface area contributed by atoms with Gasteiger partial charge in [0, 0.05) is 11.1 Å². The van der Waals surface area contributed by atoms with Gasteiger partial charge in [-0.2, -0.15) is 0 Å². The number of benzene rings is 1. The molecule has 6 heteroatoms.